The van der Waals surface area contributed by atoms with Crippen LogP contribution in [0.4, 0.5) is 11.4 Å². The number of carbonyl (C=O) groups excluding carboxylic acids is 1. The van der Waals surface area contributed by atoms with Gasteiger partial charge in [0.05, 0.1) is 0 Å². The van der Waals surface area contributed by atoms with Gasteiger partial charge in [0.2, 0.25) is 0 Å². The molecule has 1 N–H and O–H groups in total. The van der Waals surface area contributed by atoms with Gasteiger partial charge in [0.1, 0.15) is 0 Å². The van der Waals surface area contributed by atoms with Crippen LogP contribution >= 0.6 is 0 Å². The van der Waals surface area contributed by atoms with Crippen molar-refractivity contribution in [3.8, 4) is 0 Å². The van der Waals surface area contributed by atoms with Crippen molar-refractivity contribution in [1.29, 1.82) is 0 Å². The van der Waals surface area contributed by atoms with Crippen LogP contribution < -0.4 is 10.2 Å². The molecule has 1 amide bonds. The van der Waals surface area contributed by atoms with Gasteiger partial charge in [0, 0.05) is 43.9 Å². The summed E-state index contributed by atoms with van der Waals surface area (Å²) in [6, 6.07) is 11.0. The molecule has 21 heavy (non-hydrogen) atoms. The molecule has 0 atom stereocenters. The first-order valence-electron chi connectivity index (χ1n) is 6.52. The number of anilines is 2. The Labute approximate surface area is 122 Å². The third-order valence-electron chi connectivity index (χ3n) is 3.11. The molecule has 0 aliphatic rings. The predicted molar refractivity (Wildman–Crippen MR) is 81.7 cm³/mol. The zero-order valence-electron chi connectivity index (χ0n) is 11.8. The number of hydrogen-bond acceptors (Lipinski definition) is 4. The Morgan fingerprint density at radius 3 is 2.67 bits per heavy atom. The Kier molecular flexibility index (Phi) is 3.27. The fourth-order valence-electron chi connectivity index (χ4n) is 1.98. The zero-order chi connectivity index (χ0) is 14.8. The van der Waals surface area contributed by atoms with Gasteiger partial charge in [0.25, 0.3) is 5.91 Å². The third-order valence-corrected chi connectivity index (χ3v) is 3.11. The molecular formula is C15H15N5O. The molecule has 0 fully saturated rings. The molecule has 2 heterocycles. The Bertz CT molecular complexity index is 743. The van der Waals surface area contributed by atoms with Crippen LogP contribution in [-0.4, -0.2) is 34.6 Å². The lowest BCUT2D eigenvalue weighted by Crippen LogP contribution is -2.13. The summed E-state index contributed by atoms with van der Waals surface area (Å²) < 4.78 is 1.57. The van der Waals surface area contributed by atoms with E-state index >= 15 is 0 Å². The molecule has 0 aliphatic heterocycles. The van der Waals surface area contributed by atoms with Gasteiger partial charge in [-0.3, -0.25) is 4.79 Å². The molecule has 6 nitrogen and oxygen atoms in total. The van der Waals surface area contributed by atoms with Gasteiger partial charge in [-0.25, -0.2) is 9.50 Å². The second-order valence-electron chi connectivity index (χ2n) is 4.85. The van der Waals surface area contributed by atoms with Gasteiger partial charge in [0.15, 0.2) is 11.3 Å². The molecule has 1 aromatic carbocycles. The van der Waals surface area contributed by atoms with Crippen molar-refractivity contribution < 1.29 is 4.79 Å². The topological polar surface area (TPSA) is 62.5 Å². The summed E-state index contributed by atoms with van der Waals surface area (Å²) in [4.78, 5) is 18.3. The van der Waals surface area contributed by atoms with E-state index in [1.807, 2.05) is 43.3 Å². The molecule has 0 aliphatic carbocycles. The van der Waals surface area contributed by atoms with Gasteiger partial charge >= 0.3 is 0 Å². The summed E-state index contributed by atoms with van der Waals surface area (Å²) in [5.74, 6) is -0.252. The number of rotatable bonds is 3. The van der Waals surface area contributed by atoms with Crippen LogP contribution in [0.2, 0.25) is 0 Å². The number of amides is 1. The minimum absolute atomic E-state index is 0.252. The van der Waals surface area contributed by atoms with E-state index in [-0.39, 0.29) is 5.91 Å². The Hall–Kier alpha value is -2.89. The lowest BCUT2D eigenvalue weighted by atomic mass is 10.2. The average Bonchev–Trinajstić information content (AvgIpc) is 2.92. The molecule has 106 valence electrons. The second-order valence-corrected chi connectivity index (χ2v) is 4.85. The Balaban J connectivity index is 1.79. The van der Waals surface area contributed by atoms with Gasteiger partial charge in [-0.05, 0) is 30.3 Å². The van der Waals surface area contributed by atoms with Crippen LogP contribution in [0, 0.1) is 0 Å². The van der Waals surface area contributed by atoms with Gasteiger partial charge in [-0.2, -0.15) is 5.10 Å². The lowest BCUT2D eigenvalue weighted by molar-refractivity contribution is 0.102. The molecule has 0 radical (unpaired) electrons. The van der Waals surface area contributed by atoms with Crippen LogP contribution in [0.1, 0.15) is 10.5 Å². The highest BCUT2D eigenvalue weighted by Crippen LogP contribution is 2.16. The fourth-order valence-corrected chi connectivity index (χ4v) is 1.98. The number of benzene rings is 1. The van der Waals surface area contributed by atoms with Crippen molar-refractivity contribution in [2.24, 2.45) is 0 Å². The van der Waals surface area contributed by atoms with Crippen LogP contribution in [-0.2, 0) is 0 Å². The maximum atomic E-state index is 12.2. The molecule has 0 saturated heterocycles. The molecule has 3 rings (SSSR count). The number of carbonyl (C=O) groups is 1. The van der Waals surface area contributed by atoms with E-state index in [1.165, 1.54) is 0 Å². The van der Waals surface area contributed by atoms with Gasteiger partial charge in [-0.1, -0.05) is 0 Å². The first-order valence-corrected chi connectivity index (χ1v) is 6.52. The molecular weight excluding hydrogens is 266 g/mol. The first-order chi connectivity index (χ1) is 10.1. The lowest BCUT2D eigenvalue weighted by Gasteiger charge is -2.12. The van der Waals surface area contributed by atoms with Gasteiger partial charge in [-0.15, -0.1) is 0 Å². The van der Waals surface area contributed by atoms with Crippen LogP contribution in [0.3, 0.4) is 0 Å². The largest absolute Gasteiger partial charge is 0.378 e. The SMILES string of the molecule is CN(C)c1ccc(NC(=O)c2cc3ncccn3n2)cc1. The Morgan fingerprint density at radius 2 is 2.00 bits per heavy atom. The highest BCUT2D eigenvalue weighted by Gasteiger charge is 2.11. The molecule has 0 saturated carbocycles. The highest BCUT2D eigenvalue weighted by molar-refractivity contribution is 6.03. The average molecular weight is 281 g/mol. The summed E-state index contributed by atoms with van der Waals surface area (Å²) >= 11 is 0. The van der Waals surface area contributed by atoms with Crippen LogP contribution in [0.25, 0.3) is 5.65 Å². The fraction of sp³-hybridized carbons (Fsp3) is 0.133. The molecule has 0 bridgehead atoms. The summed E-state index contributed by atoms with van der Waals surface area (Å²) in [5, 5.41) is 7.01. The van der Waals surface area contributed by atoms with Crippen LogP contribution in [0.15, 0.2) is 48.8 Å². The van der Waals surface area contributed by atoms with Crippen LogP contribution in [0.5, 0.6) is 0 Å². The number of aromatic nitrogens is 3. The van der Waals surface area contributed by atoms with E-state index in [2.05, 4.69) is 15.4 Å². The quantitative estimate of drug-likeness (QED) is 0.798. The molecule has 0 spiro atoms. The predicted octanol–water partition coefficient (Wildman–Crippen LogP) is 2.05. The van der Waals surface area contributed by atoms with Crippen molar-refractivity contribution in [3.63, 3.8) is 0 Å². The van der Waals surface area contributed by atoms with Crippen molar-refractivity contribution in [2.75, 3.05) is 24.3 Å². The van der Waals surface area contributed by atoms with Crippen molar-refractivity contribution in [1.82, 2.24) is 14.6 Å². The second kappa shape index (κ2) is 5.24. The molecule has 6 heteroatoms. The third kappa shape index (κ3) is 2.69. The van der Waals surface area contributed by atoms with E-state index in [0.29, 0.717) is 11.3 Å². The minimum atomic E-state index is -0.252. The molecule has 2 aromatic heterocycles. The van der Waals surface area contributed by atoms with E-state index in [1.54, 1.807) is 29.0 Å². The summed E-state index contributed by atoms with van der Waals surface area (Å²) in [6.45, 7) is 0. The number of nitrogens with one attached hydrogen (secondary N) is 1. The van der Waals surface area contributed by atoms with E-state index < -0.39 is 0 Å². The van der Waals surface area contributed by atoms with Crippen molar-refractivity contribution in [2.45, 2.75) is 0 Å². The smallest absolute Gasteiger partial charge is 0.276 e. The number of nitrogens with zero attached hydrogens (tertiary/aromatic N) is 4. The monoisotopic (exact) mass is 281 g/mol. The zero-order valence-corrected chi connectivity index (χ0v) is 11.8. The molecule has 0 unspecified atom stereocenters. The number of fused-ring (bicyclic) bond motifs is 1. The normalized spacial score (nSPS) is 10.6. The highest BCUT2D eigenvalue weighted by atomic mass is 16.1. The maximum absolute atomic E-state index is 12.2. The summed E-state index contributed by atoms with van der Waals surface area (Å²) in [6.07, 6.45) is 3.42. The van der Waals surface area contributed by atoms with Crippen molar-refractivity contribution >= 4 is 22.9 Å². The maximum Gasteiger partial charge on any atom is 0.276 e. The van der Waals surface area contributed by atoms with E-state index in [0.717, 1.165) is 11.4 Å². The minimum Gasteiger partial charge on any atom is -0.378 e. The van der Waals surface area contributed by atoms with Gasteiger partial charge < -0.3 is 10.2 Å². The van der Waals surface area contributed by atoms with E-state index in [4.69, 9.17) is 0 Å². The summed E-state index contributed by atoms with van der Waals surface area (Å²) in [5.41, 5.74) is 2.79. The first kappa shape index (κ1) is 13.1. The van der Waals surface area contributed by atoms with Crippen molar-refractivity contribution in [3.05, 3.63) is 54.5 Å². The number of hydrogen-bond donors (Lipinski definition) is 1. The standard InChI is InChI=1S/C15H15N5O/c1-19(2)12-6-4-11(5-7-12)17-15(21)13-10-14-16-8-3-9-20(14)18-13/h3-10H,1-2H3,(H,17,21). The molecule has 3 aromatic rings. The summed E-state index contributed by atoms with van der Waals surface area (Å²) in [7, 11) is 3.94. The Morgan fingerprint density at radius 1 is 1.24 bits per heavy atom. The van der Waals surface area contributed by atoms with E-state index in [9.17, 15) is 4.79 Å².